The standard InChI is InChI=1S/C12H15NO3/c1-13(12(14)15-2)8-10-7-9-5-3-4-6-11(9)16-10/h3-6,10H,7-8H2,1-2H3. The van der Waals surface area contributed by atoms with E-state index in [4.69, 9.17) is 4.74 Å². The number of methoxy groups -OCH3 is 1. The van der Waals surface area contributed by atoms with Crippen molar-refractivity contribution in [2.24, 2.45) is 0 Å². The zero-order chi connectivity index (χ0) is 11.5. The molecule has 2 rings (SSSR count). The predicted molar refractivity (Wildman–Crippen MR) is 59.6 cm³/mol. The van der Waals surface area contributed by atoms with E-state index in [-0.39, 0.29) is 12.2 Å². The van der Waals surface area contributed by atoms with Gasteiger partial charge in [-0.3, -0.25) is 0 Å². The molecule has 0 radical (unpaired) electrons. The summed E-state index contributed by atoms with van der Waals surface area (Å²) in [5, 5.41) is 0. The van der Waals surface area contributed by atoms with Crippen molar-refractivity contribution >= 4 is 6.09 Å². The van der Waals surface area contributed by atoms with E-state index >= 15 is 0 Å². The molecule has 1 aliphatic rings. The molecule has 0 bridgehead atoms. The summed E-state index contributed by atoms with van der Waals surface area (Å²) in [5.41, 5.74) is 1.20. The summed E-state index contributed by atoms with van der Waals surface area (Å²) in [4.78, 5) is 12.7. The van der Waals surface area contributed by atoms with Crippen LogP contribution in [-0.2, 0) is 11.2 Å². The minimum absolute atomic E-state index is 0.0292. The second-order valence-electron chi connectivity index (χ2n) is 3.90. The third-order valence-electron chi connectivity index (χ3n) is 2.68. The molecule has 1 amide bonds. The topological polar surface area (TPSA) is 38.8 Å². The molecule has 0 N–H and O–H groups in total. The molecule has 86 valence electrons. The van der Waals surface area contributed by atoms with E-state index in [9.17, 15) is 4.79 Å². The van der Waals surface area contributed by atoms with Gasteiger partial charge in [-0.1, -0.05) is 18.2 Å². The molecule has 0 aromatic heterocycles. The molecule has 16 heavy (non-hydrogen) atoms. The van der Waals surface area contributed by atoms with E-state index in [1.807, 2.05) is 24.3 Å². The third-order valence-corrected chi connectivity index (χ3v) is 2.68. The Balaban J connectivity index is 1.94. The fourth-order valence-corrected chi connectivity index (χ4v) is 1.89. The Hall–Kier alpha value is -1.71. The summed E-state index contributed by atoms with van der Waals surface area (Å²) in [7, 11) is 3.08. The fraction of sp³-hybridized carbons (Fsp3) is 0.417. The molecule has 0 saturated carbocycles. The Labute approximate surface area is 94.8 Å². The van der Waals surface area contributed by atoms with E-state index in [0.717, 1.165) is 12.2 Å². The summed E-state index contributed by atoms with van der Waals surface area (Å²) >= 11 is 0. The van der Waals surface area contributed by atoms with Crippen molar-refractivity contribution in [3.63, 3.8) is 0 Å². The van der Waals surface area contributed by atoms with Gasteiger partial charge in [0.05, 0.1) is 13.7 Å². The minimum Gasteiger partial charge on any atom is -0.488 e. The first-order chi connectivity index (χ1) is 7.70. The molecule has 0 aliphatic carbocycles. The van der Waals surface area contributed by atoms with Crippen LogP contribution in [-0.4, -0.2) is 37.8 Å². The molecule has 4 heteroatoms. The Morgan fingerprint density at radius 3 is 3.00 bits per heavy atom. The summed E-state index contributed by atoms with van der Waals surface area (Å²) in [6, 6.07) is 7.95. The van der Waals surface area contributed by atoms with Crippen molar-refractivity contribution < 1.29 is 14.3 Å². The van der Waals surface area contributed by atoms with Crippen molar-refractivity contribution in [1.82, 2.24) is 4.90 Å². The van der Waals surface area contributed by atoms with Crippen molar-refractivity contribution in [2.45, 2.75) is 12.5 Å². The van der Waals surface area contributed by atoms with Crippen LogP contribution in [0.4, 0.5) is 4.79 Å². The van der Waals surface area contributed by atoms with Gasteiger partial charge in [0.25, 0.3) is 0 Å². The number of carbonyl (C=O) groups excluding carboxylic acids is 1. The number of ether oxygens (including phenoxy) is 2. The zero-order valence-electron chi connectivity index (χ0n) is 9.47. The lowest BCUT2D eigenvalue weighted by Crippen LogP contribution is -2.36. The number of nitrogens with zero attached hydrogens (tertiary/aromatic N) is 1. The molecule has 4 nitrogen and oxygen atoms in total. The van der Waals surface area contributed by atoms with Crippen LogP contribution < -0.4 is 4.74 Å². The number of benzene rings is 1. The molecule has 1 atom stereocenters. The monoisotopic (exact) mass is 221 g/mol. The van der Waals surface area contributed by atoms with Crippen LogP contribution in [0.2, 0.25) is 0 Å². The number of fused-ring (bicyclic) bond motifs is 1. The average molecular weight is 221 g/mol. The molecule has 0 spiro atoms. The van der Waals surface area contributed by atoms with E-state index in [1.54, 1.807) is 7.05 Å². The molecule has 1 aliphatic heterocycles. The fourth-order valence-electron chi connectivity index (χ4n) is 1.89. The highest BCUT2D eigenvalue weighted by atomic mass is 16.5. The van der Waals surface area contributed by atoms with Crippen molar-refractivity contribution in [1.29, 1.82) is 0 Å². The number of para-hydroxylation sites is 1. The van der Waals surface area contributed by atoms with E-state index in [2.05, 4.69) is 4.74 Å². The summed E-state index contributed by atoms with van der Waals surface area (Å²) in [6.07, 6.45) is 0.540. The van der Waals surface area contributed by atoms with Crippen molar-refractivity contribution in [3.8, 4) is 5.75 Å². The van der Waals surface area contributed by atoms with E-state index < -0.39 is 0 Å². The Morgan fingerprint density at radius 1 is 1.56 bits per heavy atom. The zero-order valence-corrected chi connectivity index (χ0v) is 9.47. The van der Waals surface area contributed by atoms with Gasteiger partial charge in [-0.15, -0.1) is 0 Å². The second-order valence-corrected chi connectivity index (χ2v) is 3.90. The highest BCUT2D eigenvalue weighted by molar-refractivity contribution is 5.67. The predicted octanol–water partition coefficient (Wildman–Crippen LogP) is 1.69. The Bertz CT molecular complexity index is 367. The van der Waals surface area contributed by atoms with E-state index in [1.165, 1.54) is 17.6 Å². The highest BCUT2D eigenvalue weighted by Crippen LogP contribution is 2.28. The van der Waals surface area contributed by atoms with Gasteiger partial charge in [0.2, 0.25) is 0 Å². The molecule has 1 unspecified atom stereocenters. The molecular weight excluding hydrogens is 206 g/mol. The number of hydrogen-bond acceptors (Lipinski definition) is 3. The van der Waals surface area contributed by atoms with Crippen LogP contribution in [0.25, 0.3) is 0 Å². The lowest BCUT2D eigenvalue weighted by molar-refractivity contribution is 0.112. The number of rotatable bonds is 2. The Morgan fingerprint density at radius 2 is 2.31 bits per heavy atom. The molecule has 1 aromatic carbocycles. The average Bonchev–Trinajstić information content (AvgIpc) is 2.69. The van der Waals surface area contributed by atoms with E-state index in [0.29, 0.717) is 6.54 Å². The maximum atomic E-state index is 11.2. The van der Waals surface area contributed by atoms with Gasteiger partial charge in [0.15, 0.2) is 0 Å². The Kier molecular flexibility index (Phi) is 2.99. The normalized spacial score (nSPS) is 17.5. The maximum Gasteiger partial charge on any atom is 0.409 e. The summed E-state index contributed by atoms with van der Waals surface area (Å²) in [6.45, 7) is 0.543. The van der Waals surface area contributed by atoms with Crippen molar-refractivity contribution in [3.05, 3.63) is 29.8 Å². The largest absolute Gasteiger partial charge is 0.488 e. The lowest BCUT2D eigenvalue weighted by atomic mass is 10.1. The SMILES string of the molecule is COC(=O)N(C)CC1Cc2ccccc2O1. The molecule has 1 aromatic rings. The first-order valence-electron chi connectivity index (χ1n) is 5.24. The van der Waals surface area contributed by atoms with Gasteiger partial charge in [0, 0.05) is 13.5 Å². The lowest BCUT2D eigenvalue weighted by Gasteiger charge is -2.19. The molecular formula is C12H15NO3. The summed E-state index contributed by atoms with van der Waals surface area (Å²) in [5.74, 6) is 0.922. The third kappa shape index (κ3) is 2.10. The maximum absolute atomic E-state index is 11.2. The van der Waals surface area contributed by atoms with Crippen LogP contribution in [0.15, 0.2) is 24.3 Å². The minimum atomic E-state index is -0.334. The van der Waals surface area contributed by atoms with Crippen LogP contribution in [0.5, 0.6) is 5.75 Å². The van der Waals surface area contributed by atoms with Gasteiger partial charge in [-0.05, 0) is 11.6 Å². The quantitative estimate of drug-likeness (QED) is 0.762. The first-order valence-corrected chi connectivity index (χ1v) is 5.24. The molecule has 0 fully saturated rings. The van der Waals surface area contributed by atoms with Crippen LogP contribution in [0, 0.1) is 0 Å². The van der Waals surface area contributed by atoms with Gasteiger partial charge in [-0.25, -0.2) is 4.79 Å². The number of amides is 1. The smallest absolute Gasteiger partial charge is 0.409 e. The number of likely N-dealkylation sites (N-methyl/N-ethyl adjacent to an activating group) is 1. The first kappa shape index (κ1) is 10.8. The van der Waals surface area contributed by atoms with Crippen molar-refractivity contribution in [2.75, 3.05) is 20.7 Å². The van der Waals surface area contributed by atoms with Crippen LogP contribution in [0.1, 0.15) is 5.56 Å². The second kappa shape index (κ2) is 4.43. The van der Waals surface area contributed by atoms with Gasteiger partial charge >= 0.3 is 6.09 Å². The molecule has 1 heterocycles. The van der Waals surface area contributed by atoms with Gasteiger partial charge < -0.3 is 14.4 Å². The highest BCUT2D eigenvalue weighted by Gasteiger charge is 2.25. The van der Waals surface area contributed by atoms with Crippen LogP contribution in [0.3, 0.4) is 0 Å². The number of carbonyl (C=O) groups is 1. The summed E-state index contributed by atoms with van der Waals surface area (Å²) < 4.78 is 10.4. The number of hydrogen-bond donors (Lipinski definition) is 0. The van der Waals surface area contributed by atoms with Gasteiger partial charge in [-0.2, -0.15) is 0 Å². The molecule has 0 saturated heterocycles. The van der Waals surface area contributed by atoms with Gasteiger partial charge in [0.1, 0.15) is 11.9 Å². The van der Waals surface area contributed by atoms with Crippen LogP contribution >= 0.6 is 0 Å².